The van der Waals surface area contributed by atoms with Crippen LogP contribution in [-0.4, -0.2) is 30.9 Å². The van der Waals surface area contributed by atoms with Crippen LogP contribution in [0.2, 0.25) is 0 Å². The van der Waals surface area contributed by atoms with Crippen LogP contribution in [0.25, 0.3) is 6.08 Å². The van der Waals surface area contributed by atoms with Crippen molar-refractivity contribution in [3.8, 4) is 0 Å². The molecule has 0 saturated heterocycles. The van der Waals surface area contributed by atoms with Gasteiger partial charge in [0.2, 0.25) is 0 Å². The van der Waals surface area contributed by atoms with Crippen LogP contribution in [0.5, 0.6) is 0 Å². The van der Waals surface area contributed by atoms with Gasteiger partial charge < -0.3 is 14.3 Å². The third-order valence-electron chi connectivity index (χ3n) is 4.20. The summed E-state index contributed by atoms with van der Waals surface area (Å²) in [6, 6.07) is 9.64. The average molecular weight is 386 g/mol. The van der Waals surface area contributed by atoms with Gasteiger partial charge in [-0.05, 0) is 45.6 Å². The smallest absolute Gasteiger partial charge is 0.324 e. The van der Waals surface area contributed by atoms with Gasteiger partial charge in [0.25, 0.3) is 0 Å². The quantitative estimate of drug-likeness (QED) is 0.300. The molecular formula is C23H30O5. The maximum Gasteiger partial charge on any atom is 0.324 e. The molecule has 1 rings (SSSR count). The van der Waals surface area contributed by atoms with E-state index in [-0.39, 0.29) is 31.8 Å². The molecule has 1 aromatic rings. The van der Waals surface area contributed by atoms with Crippen molar-refractivity contribution < 1.29 is 23.9 Å². The summed E-state index contributed by atoms with van der Waals surface area (Å²) in [6.07, 6.45) is 8.55. The van der Waals surface area contributed by atoms with Crippen molar-refractivity contribution in [1.82, 2.24) is 0 Å². The number of carbonyl (C=O) groups is 3. The number of ketones is 1. The Bertz CT molecular complexity index is 670. The molecule has 0 saturated carbocycles. The summed E-state index contributed by atoms with van der Waals surface area (Å²) in [4.78, 5) is 36.6. The van der Waals surface area contributed by atoms with Gasteiger partial charge in [-0.2, -0.15) is 0 Å². The first-order valence-corrected chi connectivity index (χ1v) is 9.66. The Morgan fingerprint density at radius 2 is 1.46 bits per heavy atom. The predicted molar refractivity (Wildman–Crippen MR) is 109 cm³/mol. The van der Waals surface area contributed by atoms with Gasteiger partial charge in [0.15, 0.2) is 5.41 Å². The third-order valence-corrected chi connectivity index (χ3v) is 4.20. The fourth-order valence-electron chi connectivity index (χ4n) is 2.69. The van der Waals surface area contributed by atoms with E-state index in [0.29, 0.717) is 12.8 Å². The molecule has 0 N–H and O–H groups in total. The van der Waals surface area contributed by atoms with E-state index >= 15 is 0 Å². The summed E-state index contributed by atoms with van der Waals surface area (Å²) in [6.45, 7) is 5.29. The fraction of sp³-hybridized carbons (Fsp3) is 0.435. The third kappa shape index (κ3) is 7.51. The van der Waals surface area contributed by atoms with Gasteiger partial charge in [-0.15, -0.1) is 0 Å². The minimum absolute atomic E-state index is 0.0949. The van der Waals surface area contributed by atoms with E-state index in [0.717, 1.165) is 5.56 Å². The van der Waals surface area contributed by atoms with Crippen molar-refractivity contribution >= 4 is 23.8 Å². The van der Waals surface area contributed by atoms with Crippen molar-refractivity contribution in [2.24, 2.45) is 5.41 Å². The number of Topliss-reactive ketones (excluding diaryl/α,β-unsaturated/α-hetero) is 1. The minimum Gasteiger partial charge on any atom is -0.465 e. The normalized spacial score (nSPS) is 11.7. The van der Waals surface area contributed by atoms with Gasteiger partial charge in [0.05, 0.1) is 13.2 Å². The minimum atomic E-state index is -1.44. The molecule has 0 aliphatic rings. The second-order valence-electron chi connectivity index (χ2n) is 6.46. The molecule has 0 radical (unpaired) electrons. The Morgan fingerprint density at radius 1 is 0.893 bits per heavy atom. The van der Waals surface area contributed by atoms with E-state index in [1.807, 2.05) is 42.5 Å². The number of allylic oxidation sites excluding steroid dienone is 3. The second-order valence-corrected chi connectivity index (χ2v) is 6.46. The summed E-state index contributed by atoms with van der Waals surface area (Å²) in [5.41, 5.74) is -0.467. The fourth-order valence-corrected chi connectivity index (χ4v) is 2.69. The van der Waals surface area contributed by atoms with Gasteiger partial charge in [-0.25, -0.2) is 0 Å². The molecule has 152 valence electrons. The van der Waals surface area contributed by atoms with E-state index in [4.69, 9.17) is 9.47 Å². The predicted octanol–water partition coefficient (Wildman–Crippen LogP) is 4.52. The molecule has 0 amide bonds. The summed E-state index contributed by atoms with van der Waals surface area (Å²) >= 11 is 0. The van der Waals surface area contributed by atoms with Crippen molar-refractivity contribution in [2.45, 2.75) is 46.5 Å². The first kappa shape index (κ1) is 23.3. The lowest BCUT2D eigenvalue weighted by atomic mass is 9.80. The molecule has 0 aliphatic carbocycles. The van der Waals surface area contributed by atoms with Crippen molar-refractivity contribution in [3.63, 3.8) is 0 Å². The molecule has 28 heavy (non-hydrogen) atoms. The molecule has 1 aromatic carbocycles. The highest BCUT2D eigenvalue weighted by atomic mass is 16.6. The summed E-state index contributed by atoms with van der Waals surface area (Å²) < 4.78 is 10.4. The van der Waals surface area contributed by atoms with E-state index < -0.39 is 17.4 Å². The lowest BCUT2D eigenvalue weighted by Crippen LogP contribution is -2.41. The Hall–Kier alpha value is -2.69. The SMILES string of the molecule is CCOC(=O)C(C/C=C/CCC(C)=O)(C/C=C/c1ccccc1)C(=O)OCC. The lowest BCUT2D eigenvalue weighted by Gasteiger charge is -2.27. The number of ether oxygens (including phenoxy) is 2. The van der Waals surface area contributed by atoms with Crippen LogP contribution >= 0.6 is 0 Å². The molecule has 0 aliphatic heterocycles. The van der Waals surface area contributed by atoms with Crippen LogP contribution in [0.3, 0.4) is 0 Å². The highest BCUT2D eigenvalue weighted by molar-refractivity contribution is 6.00. The zero-order chi connectivity index (χ0) is 20.8. The van der Waals surface area contributed by atoms with Gasteiger partial charge in [-0.1, -0.05) is 54.6 Å². The van der Waals surface area contributed by atoms with E-state index in [1.54, 1.807) is 26.0 Å². The van der Waals surface area contributed by atoms with E-state index in [9.17, 15) is 14.4 Å². The number of rotatable bonds is 12. The lowest BCUT2D eigenvalue weighted by molar-refractivity contribution is -0.171. The van der Waals surface area contributed by atoms with Gasteiger partial charge in [0, 0.05) is 6.42 Å². The Balaban J connectivity index is 3.07. The second kappa shape index (κ2) is 12.7. The van der Waals surface area contributed by atoms with Crippen LogP contribution in [0.1, 0.15) is 52.0 Å². The number of benzene rings is 1. The highest BCUT2D eigenvalue weighted by Gasteiger charge is 2.47. The average Bonchev–Trinajstić information content (AvgIpc) is 2.67. The van der Waals surface area contributed by atoms with Crippen LogP contribution in [0.4, 0.5) is 0 Å². The molecule has 0 unspecified atom stereocenters. The molecule has 5 nitrogen and oxygen atoms in total. The monoisotopic (exact) mass is 386 g/mol. The first-order chi connectivity index (χ1) is 13.5. The maximum atomic E-state index is 12.8. The van der Waals surface area contributed by atoms with Gasteiger partial charge >= 0.3 is 11.9 Å². The topological polar surface area (TPSA) is 69.7 Å². The zero-order valence-corrected chi connectivity index (χ0v) is 17.0. The van der Waals surface area contributed by atoms with E-state index in [2.05, 4.69) is 0 Å². The molecular weight excluding hydrogens is 356 g/mol. The molecule has 0 bridgehead atoms. The van der Waals surface area contributed by atoms with Crippen molar-refractivity contribution in [2.75, 3.05) is 13.2 Å². The van der Waals surface area contributed by atoms with Crippen molar-refractivity contribution in [1.29, 1.82) is 0 Å². The summed E-state index contributed by atoms with van der Waals surface area (Å²) in [7, 11) is 0. The number of carbonyl (C=O) groups excluding carboxylic acids is 3. The Morgan fingerprint density at radius 3 is 2.00 bits per heavy atom. The molecule has 0 fully saturated rings. The maximum absolute atomic E-state index is 12.8. The van der Waals surface area contributed by atoms with Crippen LogP contribution in [0, 0.1) is 5.41 Å². The van der Waals surface area contributed by atoms with Gasteiger partial charge in [0.1, 0.15) is 5.78 Å². The first-order valence-electron chi connectivity index (χ1n) is 9.66. The molecule has 0 spiro atoms. The highest BCUT2D eigenvalue weighted by Crippen LogP contribution is 2.32. The zero-order valence-electron chi connectivity index (χ0n) is 17.0. The van der Waals surface area contributed by atoms with Crippen LogP contribution in [-0.2, 0) is 23.9 Å². The molecule has 0 heterocycles. The number of esters is 2. The molecule has 5 heteroatoms. The number of hydrogen-bond acceptors (Lipinski definition) is 5. The number of hydrogen-bond donors (Lipinski definition) is 0. The van der Waals surface area contributed by atoms with Crippen LogP contribution in [0.15, 0.2) is 48.6 Å². The van der Waals surface area contributed by atoms with E-state index in [1.165, 1.54) is 6.92 Å². The summed E-state index contributed by atoms with van der Waals surface area (Å²) in [5, 5.41) is 0. The molecule has 0 aromatic heterocycles. The Kier molecular flexibility index (Phi) is 10.6. The Labute approximate surface area is 167 Å². The van der Waals surface area contributed by atoms with Gasteiger partial charge in [-0.3, -0.25) is 9.59 Å². The summed E-state index contributed by atoms with van der Waals surface area (Å²) in [5.74, 6) is -1.10. The van der Waals surface area contributed by atoms with Crippen molar-refractivity contribution in [3.05, 3.63) is 54.1 Å². The standard InChI is InChI=1S/C23H30O5/c1-4-27-21(25)23(22(26)28-5-2,17-11-7-8-13-19(3)24)18-12-16-20-14-9-6-10-15-20/h6-7,9-12,14-16H,4-5,8,13,17-18H2,1-3H3/b11-7+,16-12+. The van der Waals surface area contributed by atoms with Crippen LogP contribution < -0.4 is 0 Å². The molecule has 0 atom stereocenters. The largest absolute Gasteiger partial charge is 0.465 e.